The second kappa shape index (κ2) is 7.12. The highest BCUT2D eigenvalue weighted by molar-refractivity contribution is 9.10. The molecule has 1 heterocycles. The number of amides is 1. The summed E-state index contributed by atoms with van der Waals surface area (Å²) in [4.78, 5) is 12.1. The van der Waals surface area contributed by atoms with E-state index >= 15 is 0 Å². The molecule has 1 atom stereocenters. The Labute approximate surface area is 140 Å². The Kier molecular flexibility index (Phi) is 5.69. The number of rotatable bonds is 4. The van der Waals surface area contributed by atoms with Crippen LogP contribution in [0.15, 0.2) is 28.7 Å². The lowest BCUT2D eigenvalue weighted by molar-refractivity contribution is -0.123. The van der Waals surface area contributed by atoms with E-state index in [1.807, 2.05) is 0 Å². The van der Waals surface area contributed by atoms with E-state index in [0.717, 1.165) is 30.4 Å². The summed E-state index contributed by atoms with van der Waals surface area (Å²) in [5.74, 6) is 0.172. The fourth-order valence-corrected chi connectivity index (χ4v) is 3.53. The molecule has 1 aliphatic heterocycles. The molecule has 1 amide bonds. The number of carbonyl (C=O) groups excluding carboxylic acids is 1. The molecule has 1 aromatic carbocycles. The van der Waals surface area contributed by atoms with Crippen LogP contribution in [0.25, 0.3) is 0 Å². The van der Waals surface area contributed by atoms with Crippen LogP contribution in [0, 0.1) is 0 Å². The Balaban J connectivity index is 0.00000161. The molecule has 0 spiro atoms. The number of hydrogen-bond donors (Lipinski definition) is 2. The van der Waals surface area contributed by atoms with Gasteiger partial charge in [-0.2, -0.15) is 0 Å². The van der Waals surface area contributed by atoms with Crippen molar-refractivity contribution >= 4 is 34.2 Å². The third-order valence-electron chi connectivity index (χ3n) is 4.75. The van der Waals surface area contributed by atoms with Crippen molar-refractivity contribution in [2.45, 2.75) is 43.6 Å². The number of carbonyl (C=O) groups is 1. The molecule has 116 valence electrons. The summed E-state index contributed by atoms with van der Waals surface area (Å²) < 4.78 is 1.11. The van der Waals surface area contributed by atoms with Crippen LogP contribution in [0.5, 0.6) is 0 Å². The number of nitrogens with one attached hydrogen (secondary N) is 2. The maximum Gasteiger partial charge on any atom is 0.237 e. The average Bonchev–Trinajstić information content (AvgIpc) is 2.93. The van der Waals surface area contributed by atoms with Gasteiger partial charge in [-0.3, -0.25) is 4.79 Å². The van der Waals surface area contributed by atoms with E-state index in [4.69, 9.17) is 0 Å². The first-order chi connectivity index (χ1) is 9.70. The zero-order chi connectivity index (χ0) is 14.0. The Morgan fingerprint density at radius 1 is 1.29 bits per heavy atom. The number of halogens is 2. The van der Waals surface area contributed by atoms with Crippen LogP contribution in [0.4, 0.5) is 0 Å². The Morgan fingerprint density at radius 2 is 2.00 bits per heavy atom. The first kappa shape index (κ1) is 16.8. The molecule has 2 aliphatic rings. The summed E-state index contributed by atoms with van der Waals surface area (Å²) in [7, 11) is 0. The highest BCUT2D eigenvalue weighted by atomic mass is 79.9. The summed E-state index contributed by atoms with van der Waals surface area (Å²) in [5, 5.41) is 6.42. The van der Waals surface area contributed by atoms with E-state index in [0.29, 0.717) is 0 Å². The molecule has 2 N–H and O–H groups in total. The molecule has 1 saturated carbocycles. The molecule has 0 radical (unpaired) electrons. The summed E-state index contributed by atoms with van der Waals surface area (Å²) in [6.07, 6.45) is 5.68. The zero-order valence-electron chi connectivity index (χ0n) is 12.0. The van der Waals surface area contributed by atoms with Gasteiger partial charge in [-0.1, -0.05) is 34.5 Å². The fourth-order valence-electron chi connectivity index (χ4n) is 3.26. The summed E-state index contributed by atoms with van der Waals surface area (Å²) in [6, 6.07) is 8.58. The quantitative estimate of drug-likeness (QED) is 0.851. The van der Waals surface area contributed by atoms with Crippen LogP contribution in [0.2, 0.25) is 0 Å². The van der Waals surface area contributed by atoms with Gasteiger partial charge in [0.25, 0.3) is 0 Å². The van der Waals surface area contributed by atoms with Crippen LogP contribution in [-0.2, 0) is 10.2 Å². The molecule has 0 bridgehead atoms. The van der Waals surface area contributed by atoms with Gasteiger partial charge >= 0.3 is 0 Å². The topological polar surface area (TPSA) is 41.1 Å². The Hall–Kier alpha value is -0.580. The second-order valence-corrected chi connectivity index (χ2v) is 6.92. The van der Waals surface area contributed by atoms with Crippen molar-refractivity contribution in [1.82, 2.24) is 10.6 Å². The monoisotopic (exact) mass is 372 g/mol. The van der Waals surface area contributed by atoms with Crippen molar-refractivity contribution in [2.75, 3.05) is 13.1 Å². The van der Waals surface area contributed by atoms with Crippen molar-refractivity contribution in [3.8, 4) is 0 Å². The maximum absolute atomic E-state index is 12.1. The van der Waals surface area contributed by atoms with E-state index in [-0.39, 0.29) is 29.8 Å². The molecule has 0 aromatic heterocycles. The number of hydrogen-bond acceptors (Lipinski definition) is 2. The minimum atomic E-state index is 0. The predicted molar refractivity (Wildman–Crippen MR) is 91.0 cm³/mol. The molecule has 1 aliphatic carbocycles. The zero-order valence-corrected chi connectivity index (χ0v) is 14.4. The van der Waals surface area contributed by atoms with E-state index in [1.54, 1.807) is 0 Å². The second-order valence-electron chi connectivity index (χ2n) is 6.01. The molecular weight excluding hydrogens is 352 g/mol. The first-order valence-electron chi connectivity index (χ1n) is 7.47. The van der Waals surface area contributed by atoms with Crippen LogP contribution in [0.3, 0.4) is 0 Å². The Bertz CT molecular complexity index is 482. The average molecular weight is 374 g/mol. The normalized spacial score (nSPS) is 23.0. The van der Waals surface area contributed by atoms with Crippen molar-refractivity contribution in [2.24, 2.45) is 0 Å². The van der Waals surface area contributed by atoms with E-state index in [2.05, 4.69) is 50.8 Å². The molecule has 5 heteroatoms. The van der Waals surface area contributed by atoms with Gasteiger partial charge in [-0.05, 0) is 49.9 Å². The summed E-state index contributed by atoms with van der Waals surface area (Å²) >= 11 is 3.48. The van der Waals surface area contributed by atoms with Crippen molar-refractivity contribution < 1.29 is 4.79 Å². The fraction of sp³-hybridized carbons (Fsp3) is 0.562. The van der Waals surface area contributed by atoms with Gasteiger partial charge in [-0.25, -0.2) is 0 Å². The van der Waals surface area contributed by atoms with Crippen LogP contribution in [-0.4, -0.2) is 25.0 Å². The molecule has 21 heavy (non-hydrogen) atoms. The molecule has 1 saturated heterocycles. The van der Waals surface area contributed by atoms with Crippen molar-refractivity contribution in [3.05, 3.63) is 34.3 Å². The van der Waals surface area contributed by atoms with Gasteiger partial charge in [0.1, 0.15) is 0 Å². The van der Waals surface area contributed by atoms with Gasteiger partial charge in [0.15, 0.2) is 0 Å². The molecular formula is C16H22BrClN2O. The standard InChI is InChI=1S/C16H21BrN2O.ClH/c17-13-6-4-12(5-7-13)16(8-2-9-16)11-19-15(20)14-3-1-10-18-14;/h4-7,14,18H,1-3,8-11H2,(H,19,20);1H. The van der Waals surface area contributed by atoms with Gasteiger partial charge in [0.2, 0.25) is 5.91 Å². The highest BCUT2D eigenvalue weighted by Gasteiger charge is 2.39. The third kappa shape index (κ3) is 3.61. The lowest BCUT2D eigenvalue weighted by Crippen LogP contribution is -2.49. The van der Waals surface area contributed by atoms with Gasteiger partial charge in [0, 0.05) is 16.4 Å². The Morgan fingerprint density at radius 3 is 2.52 bits per heavy atom. The third-order valence-corrected chi connectivity index (χ3v) is 5.27. The van der Waals surface area contributed by atoms with Crippen LogP contribution < -0.4 is 10.6 Å². The smallest absolute Gasteiger partial charge is 0.237 e. The van der Waals surface area contributed by atoms with E-state index < -0.39 is 0 Å². The lowest BCUT2D eigenvalue weighted by atomic mass is 9.64. The molecule has 1 unspecified atom stereocenters. The van der Waals surface area contributed by atoms with Crippen molar-refractivity contribution in [1.29, 1.82) is 0 Å². The van der Waals surface area contributed by atoms with Gasteiger partial charge in [-0.15, -0.1) is 12.4 Å². The number of benzene rings is 1. The van der Waals surface area contributed by atoms with Gasteiger partial charge in [0.05, 0.1) is 6.04 Å². The minimum absolute atomic E-state index is 0. The predicted octanol–water partition coefficient (Wildman–Crippen LogP) is 3.16. The molecule has 1 aromatic rings. The van der Waals surface area contributed by atoms with Gasteiger partial charge < -0.3 is 10.6 Å². The lowest BCUT2D eigenvalue weighted by Gasteiger charge is -2.42. The summed E-state index contributed by atoms with van der Waals surface area (Å²) in [6.45, 7) is 1.74. The molecule has 2 fully saturated rings. The van der Waals surface area contributed by atoms with Crippen molar-refractivity contribution in [3.63, 3.8) is 0 Å². The minimum Gasteiger partial charge on any atom is -0.354 e. The largest absolute Gasteiger partial charge is 0.354 e. The molecule has 3 rings (SSSR count). The van der Waals surface area contributed by atoms with Crippen LogP contribution >= 0.6 is 28.3 Å². The van der Waals surface area contributed by atoms with Crippen LogP contribution in [0.1, 0.15) is 37.7 Å². The first-order valence-corrected chi connectivity index (χ1v) is 8.26. The maximum atomic E-state index is 12.1. The highest BCUT2D eigenvalue weighted by Crippen LogP contribution is 2.43. The van der Waals surface area contributed by atoms with E-state index in [1.165, 1.54) is 24.8 Å². The SMILES string of the molecule is Cl.O=C(NCC1(c2ccc(Br)cc2)CCC1)C1CCCN1. The van der Waals surface area contributed by atoms with E-state index in [9.17, 15) is 4.79 Å². The summed E-state index contributed by atoms with van der Waals surface area (Å²) in [5.41, 5.74) is 1.52. The molecule has 3 nitrogen and oxygen atoms in total.